The molecule has 0 heteroatoms. The zero-order valence-electron chi connectivity index (χ0n) is 15.6. The van der Waals surface area contributed by atoms with E-state index in [1.54, 1.807) is 0 Å². The zero-order valence-corrected chi connectivity index (χ0v) is 15.6. The maximum Gasteiger partial charge on any atom is -0.0351 e. The van der Waals surface area contributed by atoms with Crippen LogP contribution in [-0.2, 0) is 0 Å². The summed E-state index contributed by atoms with van der Waals surface area (Å²) in [6, 6.07) is 0. The Hall–Kier alpha value is -0.260. The van der Waals surface area contributed by atoms with Crippen molar-refractivity contribution in [2.24, 2.45) is 5.41 Å². The summed E-state index contributed by atoms with van der Waals surface area (Å²) in [7, 11) is 0. The summed E-state index contributed by atoms with van der Waals surface area (Å²) < 4.78 is 0. The molecule has 0 heterocycles. The molecule has 0 aromatic heterocycles. The molecule has 0 aromatic carbocycles. The van der Waals surface area contributed by atoms with E-state index < -0.39 is 0 Å². The molecule has 0 nitrogen and oxygen atoms in total. The van der Waals surface area contributed by atoms with Gasteiger partial charge in [0.25, 0.3) is 0 Å². The smallest absolute Gasteiger partial charge is 0.0351 e. The van der Waals surface area contributed by atoms with Crippen molar-refractivity contribution in [1.29, 1.82) is 0 Å². The third kappa shape index (κ3) is 19.7. The number of hydrogen-bond acceptors (Lipinski definition) is 0. The highest BCUT2D eigenvalue weighted by Crippen LogP contribution is 2.22. The molecular formula is C21H42. The highest BCUT2D eigenvalue weighted by Gasteiger charge is 2.08. The van der Waals surface area contributed by atoms with E-state index in [2.05, 4.69) is 39.8 Å². The van der Waals surface area contributed by atoms with Crippen molar-refractivity contribution in [3.63, 3.8) is 0 Å². The van der Waals surface area contributed by atoms with Gasteiger partial charge in [0.15, 0.2) is 0 Å². The fourth-order valence-electron chi connectivity index (χ4n) is 2.73. The van der Waals surface area contributed by atoms with Crippen molar-refractivity contribution >= 4 is 0 Å². The molecule has 0 atom stereocenters. The fourth-order valence-corrected chi connectivity index (χ4v) is 2.73. The minimum Gasteiger partial charge on any atom is -0.0885 e. The summed E-state index contributed by atoms with van der Waals surface area (Å²) in [6.45, 7) is 9.33. The van der Waals surface area contributed by atoms with Gasteiger partial charge < -0.3 is 0 Å². The third-order valence-electron chi connectivity index (χ3n) is 4.19. The SMILES string of the molecule is CCCCCCCC/C=C\CCCCCCCC(C)(C)C. The molecule has 0 N–H and O–H groups in total. The standard InChI is InChI=1S/C21H42/c1-5-6-7-8-9-10-11-12-13-14-15-16-17-18-19-20-21(2,3)4/h12-13H,5-11,14-20H2,1-4H3/b13-12-. The van der Waals surface area contributed by atoms with Crippen LogP contribution in [0.3, 0.4) is 0 Å². The first-order chi connectivity index (χ1) is 10.1. The van der Waals surface area contributed by atoms with Gasteiger partial charge in [-0.25, -0.2) is 0 Å². The first kappa shape index (κ1) is 20.7. The second-order valence-electron chi connectivity index (χ2n) is 7.89. The summed E-state index contributed by atoms with van der Waals surface area (Å²) in [6.07, 6.45) is 24.4. The van der Waals surface area contributed by atoms with Crippen LogP contribution in [0.2, 0.25) is 0 Å². The van der Waals surface area contributed by atoms with Crippen molar-refractivity contribution in [3.8, 4) is 0 Å². The van der Waals surface area contributed by atoms with Crippen LogP contribution in [-0.4, -0.2) is 0 Å². The van der Waals surface area contributed by atoms with Crippen LogP contribution in [0, 0.1) is 5.41 Å². The van der Waals surface area contributed by atoms with Crippen LogP contribution >= 0.6 is 0 Å². The molecule has 0 spiro atoms. The number of hydrogen-bond donors (Lipinski definition) is 0. The average Bonchev–Trinajstić information content (AvgIpc) is 2.42. The summed E-state index contributed by atoms with van der Waals surface area (Å²) in [5.41, 5.74) is 0.527. The zero-order chi connectivity index (χ0) is 15.8. The van der Waals surface area contributed by atoms with Gasteiger partial charge >= 0.3 is 0 Å². The van der Waals surface area contributed by atoms with E-state index in [1.165, 1.54) is 89.9 Å². The molecule has 0 rings (SSSR count). The summed E-state index contributed by atoms with van der Waals surface area (Å²) >= 11 is 0. The minimum absolute atomic E-state index is 0.527. The van der Waals surface area contributed by atoms with Crippen LogP contribution in [0.1, 0.15) is 118 Å². The second kappa shape index (κ2) is 14.7. The molecule has 0 aliphatic rings. The van der Waals surface area contributed by atoms with Crippen LogP contribution in [0.25, 0.3) is 0 Å². The number of rotatable bonds is 14. The lowest BCUT2D eigenvalue weighted by molar-refractivity contribution is 0.356. The van der Waals surface area contributed by atoms with Gasteiger partial charge in [0.05, 0.1) is 0 Å². The first-order valence-electron chi connectivity index (χ1n) is 9.71. The molecule has 0 aromatic rings. The van der Waals surface area contributed by atoms with E-state index in [9.17, 15) is 0 Å². The minimum atomic E-state index is 0.527. The first-order valence-corrected chi connectivity index (χ1v) is 9.71. The third-order valence-corrected chi connectivity index (χ3v) is 4.19. The van der Waals surface area contributed by atoms with Gasteiger partial charge in [0, 0.05) is 0 Å². The van der Waals surface area contributed by atoms with E-state index >= 15 is 0 Å². The Balaban J connectivity index is 3.12. The van der Waals surface area contributed by atoms with E-state index in [1.807, 2.05) is 0 Å². The summed E-state index contributed by atoms with van der Waals surface area (Å²) in [5, 5.41) is 0. The molecule has 0 fully saturated rings. The molecule has 0 saturated carbocycles. The van der Waals surface area contributed by atoms with Gasteiger partial charge in [0.2, 0.25) is 0 Å². The number of allylic oxidation sites excluding steroid dienone is 2. The Morgan fingerprint density at radius 1 is 0.571 bits per heavy atom. The maximum absolute atomic E-state index is 2.42. The maximum atomic E-state index is 2.42. The molecule has 126 valence electrons. The summed E-state index contributed by atoms with van der Waals surface area (Å²) in [5.74, 6) is 0. The molecule has 0 bridgehead atoms. The quantitative estimate of drug-likeness (QED) is 0.224. The lowest BCUT2D eigenvalue weighted by Crippen LogP contribution is -2.03. The Bertz CT molecular complexity index is 219. The lowest BCUT2D eigenvalue weighted by atomic mass is 9.89. The van der Waals surface area contributed by atoms with Crippen LogP contribution in [0.5, 0.6) is 0 Å². The van der Waals surface area contributed by atoms with Gasteiger partial charge in [-0.2, -0.15) is 0 Å². The highest BCUT2D eigenvalue weighted by molar-refractivity contribution is 4.81. The topological polar surface area (TPSA) is 0 Å². The van der Waals surface area contributed by atoms with Crippen molar-refractivity contribution in [2.45, 2.75) is 118 Å². The molecule has 0 aliphatic heterocycles. The lowest BCUT2D eigenvalue weighted by Gasteiger charge is -2.17. The van der Waals surface area contributed by atoms with Gasteiger partial charge in [-0.1, -0.05) is 97.6 Å². The van der Waals surface area contributed by atoms with E-state index in [0.29, 0.717) is 5.41 Å². The Morgan fingerprint density at radius 2 is 1.00 bits per heavy atom. The van der Waals surface area contributed by atoms with Crippen LogP contribution in [0.15, 0.2) is 12.2 Å². The second-order valence-corrected chi connectivity index (χ2v) is 7.89. The Kier molecular flexibility index (Phi) is 14.5. The fraction of sp³-hybridized carbons (Fsp3) is 0.905. The molecule has 0 amide bonds. The predicted octanol–water partition coefficient (Wildman–Crippen LogP) is 8.07. The van der Waals surface area contributed by atoms with Gasteiger partial charge in [0.1, 0.15) is 0 Å². The van der Waals surface area contributed by atoms with Crippen molar-refractivity contribution in [3.05, 3.63) is 12.2 Å². The van der Waals surface area contributed by atoms with Gasteiger partial charge in [-0.15, -0.1) is 0 Å². The van der Waals surface area contributed by atoms with Crippen LogP contribution in [0.4, 0.5) is 0 Å². The Labute approximate surface area is 135 Å². The Morgan fingerprint density at radius 3 is 1.48 bits per heavy atom. The molecule has 0 aliphatic carbocycles. The van der Waals surface area contributed by atoms with Crippen molar-refractivity contribution < 1.29 is 0 Å². The monoisotopic (exact) mass is 294 g/mol. The highest BCUT2D eigenvalue weighted by atomic mass is 14.1. The van der Waals surface area contributed by atoms with Gasteiger partial charge in [-0.05, 0) is 37.5 Å². The normalized spacial score (nSPS) is 12.4. The van der Waals surface area contributed by atoms with Gasteiger partial charge in [-0.3, -0.25) is 0 Å². The van der Waals surface area contributed by atoms with Crippen molar-refractivity contribution in [2.75, 3.05) is 0 Å². The van der Waals surface area contributed by atoms with E-state index in [0.717, 1.165) is 0 Å². The molecule has 21 heavy (non-hydrogen) atoms. The molecule has 0 saturated heterocycles. The largest absolute Gasteiger partial charge is 0.0885 e. The molecular weight excluding hydrogens is 252 g/mol. The summed E-state index contributed by atoms with van der Waals surface area (Å²) in [4.78, 5) is 0. The number of unbranched alkanes of at least 4 members (excludes halogenated alkanes) is 11. The van der Waals surface area contributed by atoms with Crippen LogP contribution < -0.4 is 0 Å². The van der Waals surface area contributed by atoms with Crippen molar-refractivity contribution in [1.82, 2.24) is 0 Å². The van der Waals surface area contributed by atoms with E-state index in [4.69, 9.17) is 0 Å². The average molecular weight is 295 g/mol. The molecule has 0 radical (unpaired) electrons. The molecule has 0 unspecified atom stereocenters. The van der Waals surface area contributed by atoms with E-state index in [-0.39, 0.29) is 0 Å². The predicted molar refractivity (Wildman–Crippen MR) is 98.9 cm³/mol.